The van der Waals surface area contributed by atoms with Crippen molar-refractivity contribution in [3.05, 3.63) is 71.8 Å². The molecule has 1 aliphatic carbocycles. The van der Waals surface area contributed by atoms with Crippen molar-refractivity contribution in [2.75, 3.05) is 6.54 Å². The van der Waals surface area contributed by atoms with Crippen LogP contribution in [-0.2, 0) is 22.7 Å². The van der Waals surface area contributed by atoms with Gasteiger partial charge in [0, 0.05) is 32.0 Å². The summed E-state index contributed by atoms with van der Waals surface area (Å²) >= 11 is 0. The number of hydrogen-bond donors (Lipinski definition) is 1. The number of rotatable bonds is 6. The highest BCUT2D eigenvalue weighted by molar-refractivity contribution is 5.79. The van der Waals surface area contributed by atoms with E-state index in [1.807, 2.05) is 17.0 Å². The van der Waals surface area contributed by atoms with Crippen LogP contribution in [0.5, 0.6) is 0 Å². The van der Waals surface area contributed by atoms with Crippen molar-refractivity contribution in [3.63, 3.8) is 0 Å². The van der Waals surface area contributed by atoms with Gasteiger partial charge >= 0.3 is 0 Å². The number of nitrogens with one attached hydrogen (secondary N) is 1. The molecule has 1 fully saturated rings. The molecule has 1 saturated heterocycles. The Morgan fingerprint density at radius 3 is 2.62 bits per heavy atom. The molecule has 1 N–H and O–H groups in total. The van der Waals surface area contributed by atoms with E-state index in [1.54, 1.807) is 0 Å². The molecule has 0 radical (unpaired) electrons. The smallest absolute Gasteiger partial charge is 0.223 e. The SMILES string of the molecule is O=C(NCc1ccccc1-c1ccc(CN2CCCC2=O)cc1)[C@H]1CC=CCC1. The van der Waals surface area contributed by atoms with E-state index in [-0.39, 0.29) is 17.7 Å². The van der Waals surface area contributed by atoms with Gasteiger partial charge in [0.1, 0.15) is 0 Å². The molecule has 0 aromatic heterocycles. The quantitative estimate of drug-likeness (QED) is 0.744. The molecule has 4 heteroatoms. The molecule has 0 spiro atoms. The Balaban J connectivity index is 1.42. The van der Waals surface area contributed by atoms with Gasteiger partial charge in [0.25, 0.3) is 0 Å². The molecule has 2 aromatic carbocycles. The fourth-order valence-corrected chi connectivity index (χ4v) is 4.20. The van der Waals surface area contributed by atoms with Gasteiger partial charge in [-0.2, -0.15) is 0 Å². The van der Waals surface area contributed by atoms with Crippen molar-refractivity contribution < 1.29 is 9.59 Å². The standard InChI is InChI=1S/C25H28N2O2/c28-24-11-6-16-27(24)18-19-12-14-20(15-13-19)23-10-5-4-9-22(23)17-26-25(29)21-7-2-1-3-8-21/h1-2,4-5,9-10,12-15,21H,3,6-8,11,16-18H2,(H,26,29)/t21-/m0/s1. The molecule has 4 nitrogen and oxygen atoms in total. The Bertz CT molecular complexity index is 901. The van der Waals surface area contributed by atoms with Crippen molar-refractivity contribution in [3.8, 4) is 11.1 Å². The summed E-state index contributed by atoms with van der Waals surface area (Å²) in [4.78, 5) is 26.2. The average Bonchev–Trinajstić information content (AvgIpc) is 3.18. The summed E-state index contributed by atoms with van der Waals surface area (Å²) in [7, 11) is 0. The lowest BCUT2D eigenvalue weighted by atomic mass is 9.93. The largest absolute Gasteiger partial charge is 0.352 e. The van der Waals surface area contributed by atoms with Gasteiger partial charge in [-0.05, 0) is 47.9 Å². The predicted molar refractivity (Wildman–Crippen MR) is 115 cm³/mol. The van der Waals surface area contributed by atoms with Gasteiger partial charge in [-0.15, -0.1) is 0 Å². The second kappa shape index (κ2) is 9.08. The number of carbonyl (C=O) groups is 2. The fraction of sp³-hybridized carbons (Fsp3) is 0.360. The molecule has 2 aromatic rings. The molecule has 0 unspecified atom stereocenters. The van der Waals surface area contributed by atoms with Crippen LogP contribution in [0.4, 0.5) is 0 Å². The van der Waals surface area contributed by atoms with Crippen LogP contribution >= 0.6 is 0 Å². The molecule has 1 atom stereocenters. The summed E-state index contributed by atoms with van der Waals surface area (Å²) in [5, 5.41) is 3.13. The van der Waals surface area contributed by atoms with Gasteiger partial charge in [0.05, 0.1) is 0 Å². The zero-order valence-electron chi connectivity index (χ0n) is 16.8. The summed E-state index contributed by atoms with van der Waals surface area (Å²) in [5.41, 5.74) is 4.54. The number of amides is 2. The highest BCUT2D eigenvalue weighted by atomic mass is 16.2. The Morgan fingerprint density at radius 2 is 1.90 bits per heavy atom. The maximum Gasteiger partial charge on any atom is 0.223 e. The first-order valence-electron chi connectivity index (χ1n) is 10.6. The van der Waals surface area contributed by atoms with Crippen LogP contribution in [0.1, 0.15) is 43.2 Å². The average molecular weight is 389 g/mol. The topological polar surface area (TPSA) is 49.4 Å². The van der Waals surface area contributed by atoms with Gasteiger partial charge in [0.15, 0.2) is 0 Å². The number of hydrogen-bond acceptors (Lipinski definition) is 2. The Morgan fingerprint density at radius 1 is 1.07 bits per heavy atom. The maximum absolute atomic E-state index is 12.5. The molecular weight excluding hydrogens is 360 g/mol. The monoisotopic (exact) mass is 388 g/mol. The van der Waals surface area contributed by atoms with Crippen molar-refractivity contribution in [1.82, 2.24) is 10.2 Å². The highest BCUT2D eigenvalue weighted by Gasteiger charge is 2.20. The first kappa shape index (κ1) is 19.4. The Labute approximate surface area is 172 Å². The van der Waals surface area contributed by atoms with E-state index in [0.717, 1.165) is 54.5 Å². The first-order chi connectivity index (χ1) is 14.2. The molecule has 2 aliphatic rings. The summed E-state index contributed by atoms with van der Waals surface area (Å²) in [6.45, 7) is 2.09. The van der Waals surface area contributed by atoms with E-state index in [0.29, 0.717) is 19.5 Å². The van der Waals surface area contributed by atoms with Crippen molar-refractivity contribution >= 4 is 11.8 Å². The van der Waals surface area contributed by atoms with Crippen LogP contribution in [0.3, 0.4) is 0 Å². The molecule has 0 bridgehead atoms. The molecule has 150 valence electrons. The number of allylic oxidation sites excluding steroid dienone is 2. The zero-order valence-corrected chi connectivity index (χ0v) is 16.8. The third-order valence-electron chi connectivity index (χ3n) is 5.92. The van der Waals surface area contributed by atoms with E-state index in [1.165, 1.54) is 0 Å². The van der Waals surface area contributed by atoms with Crippen molar-refractivity contribution in [1.29, 1.82) is 0 Å². The number of benzene rings is 2. The Hall–Kier alpha value is -2.88. The molecule has 1 aliphatic heterocycles. The second-order valence-electron chi connectivity index (χ2n) is 7.97. The second-order valence-corrected chi connectivity index (χ2v) is 7.97. The number of carbonyl (C=O) groups excluding carboxylic acids is 2. The zero-order chi connectivity index (χ0) is 20.1. The van der Waals surface area contributed by atoms with Gasteiger partial charge in [-0.25, -0.2) is 0 Å². The van der Waals surface area contributed by atoms with E-state index in [2.05, 4.69) is 53.9 Å². The van der Waals surface area contributed by atoms with Crippen molar-refractivity contribution in [2.24, 2.45) is 5.92 Å². The molecule has 2 amide bonds. The molecule has 0 saturated carbocycles. The summed E-state index contributed by atoms with van der Waals surface area (Å²) < 4.78 is 0. The minimum absolute atomic E-state index is 0.0970. The summed E-state index contributed by atoms with van der Waals surface area (Å²) in [6, 6.07) is 16.7. The lowest BCUT2D eigenvalue weighted by molar-refractivity contribution is -0.128. The van der Waals surface area contributed by atoms with Gasteiger partial charge < -0.3 is 10.2 Å². The Kier molecular flexibility index (Phi) is 6.09. The number of likely N-dealkylation sites (tertiary alicyclic amines) is 1. The van der Waals surface area contributed by atoms with E-state index in [4.69, 9.17) is 0 Å². The van der Waals surface area contributed by atoms with Crippen LogP contribution < -0.4 is 5.32 Å². The first-order valence-corrected chi connectivity index (χ1v) is 10.6. The summed E-state index contributed by atoms with van der Waals surface area (Å²) in [6.07, 6.45) is 8.67. The van der Waals surface area contributed by atoms with Crippen LogP contribution in [0.25, 0.3) is 11.1 Å². The van der Waals surface area contributed by atoms with Crippen LogP contribution in [0, 0.1) is 5.92 Å². The van der Waals surface area contributed by atoms with Gasteiger partial charge in [0.2, 0.25) is 11.8 Å². The molecular formula is C25H28N2O2. The maximum atomic E-state index is 12.5. The third-order valence-corrected chi connectivity index (χ3v) is 5.92. The molecule has 1 heterocycles. The van der Waals surface area contributed by atoms with Crippen LogP contribution in [-0.4, -0.2) is 23.3 Å². The summed E-state index contributed by atoms with van der Waals surface area (Å²) in [5.74, 6) is 0.498. The van der Waals surface area contributed by atoms with E-state index in [9.17, 15) is 9.59 Å². The minimum Gasteiger partial charge on any atom is -0.352 e. The lowest BCUT2D eigenvalue weighted by Gasteiger charge is -2.18. The van der Waals surface area contributed by atoms with E-state index >= 15 is 0 Å². The molecule has 4 rings (SSSR count). The van der Waals surface area contributed by atoms with Crippen molar-refractivity contribution in [2.45, 2.75) is 45.2 Å². The molecule has 29 heavy (non-hydrogen) atoms. The fourth-order valence-electron chi connectivity index (χ4n) is 4.20. The normalized spacial score (nSPS) is 18.8. The highest BCUT2D eigenvalue weighted by Crippen LogP contribution is 2.25. The van der Waals surface area contributed by atoms with Crippen LogP contribution in [0.2, 0.25) is 0 Å². The van der Waals surface area contributed by atoms with E-state index < -0.39 is 0 Å². The third kappa shape index (κ3) is 4.76. The minimum atomic E-state index is 0.0970. The number of nitrogens with zero attached hydrogens (tertiary/aromatic N) is 1. The van der Waals surface area contributed by atoms with Crippen LogP contribution in [0.15, 0.2) is 60.7 Å². The van der Waals surface area contributed by atoms with Gasteiger partial charge in [-0.1, -0.05) is 60.7 Å². The van der Waals surface area contributed by atoms with Gasteiger partial charge in [-0.3, -0.25) is 9.59 Å². The lowest BCUT2D eigenvalue weighted by Crippen LogP contribution is -2.30. The predicted octanol–water partition coefficient (Wildman–Crippen LogP) is 4.45.